The Kier molecular flexibility index (Phi) is 3.31. The van der Waals surface area contributed by atoms with E-state index in [0.717, 1.165) is 5.69 Å². The summed E-state index contributed by atoms with van der Waals surface area (Å²) in [5.41, 5.74) is 1.67. The number of hydrogen-bond acceptors (Lipinski definition) is 2. The maximum Gasteiger partial charge on any atom is 0.127 e. The lowest BCUT2D eigenvalue weighted by Gasteiger charge is -2.14. The first kappa shape index (κ1) is 10.8. The lowest BCUT2D eigenvalue weighted by Crippen LogP contribution is -2.19. The van der Waals surface area contributed by atoms with Gasteiger partial charge in [-0.25, -0.2) is 9.37 Å². The number of rotatable bonds is 4. The van der Waals surface area contributed by atoms with Crippen LogP contribution in [0.5, 0.6) is 0 Å². The van der Waals surface area contributed by atoms with Crippen molar-refractivity contribution in [3.63, 3.8) is 0 Å². The normalized spacial score (nSPS) is 12.6. The molecule has 0 bridgehead atoms. The summed E-state index contributed by atoms with van der Waals surface area (Å²) in [6.45, 7) is 2.59. The average molecular weight is 219 g/mol. The van der Waals surface area contributed by atoms with E-state index in [0.29, 0.717) is 12.1 Å². The zero-order valence-electron chi connectivity index (χ0n) is 9.07. The number of halogens is 1. The molecule has 0 aliphatic heterocycles. The second kappa shape index (κ2) is 4.90. The molecule has 0 saturated heterocycles. The minimum Gasteiger partial charge on any atom is -0.347 e. The van der Waals surface area contributed by atoms with Gasteiger partial charge in [-0.1, -0.05) is 18.2 Å². The Morgan fingerprint density at radius 3 is 2.94 bits per heavy atom. The molecule has 0 aliphatic carbocycles. The lowest BCUT2D eigenvalue weighted by atomic mass is 10.1. The van der Waals surface area contributed by atoms with E-state index in [4.69, 9.17) is 0 Å². The number of H-pyrrole nitrogens is 1. The standard InChI is InChI=1S/C12H14FN3/c1-9(11-4-2-3-5-12(11)13)15-7-10-6-14-8-16-10/h2-6,8-9,15H,7H2,1H3,(H,14,16). The minimum absolute atomic E-state index is 0.0236. The van der Waals surface area contributed by atoms with Crippen LogP contribution >= 0.6 is 0 Å². The van der Waals surface area contributed by atoms with Crippen LogP contribution in [0.2, 0.25) is 0 Å². The van der Waals surface area contributed by atoms with Gasteiger partial charge in [-0.05, 0) is 13.0 Å². The molecule has 16 heavy (non-hydrogen) atoms. The summed E-state index contributed by atoms with van der Waals surface area (Å²) in [4.78, 5) is 6.91. The molecule has 1 heterocycles. The Morgan fingerprint density at radius 1 is 1.44 bits per heavy atom. The van der Waals surface area contributed by atoms with E-state index in [1.54, 1.807) is 24.7 Å². The molecule has 0 radical (unpaired) electrons. The molecule has 1 aromatic carbocycles. The fourth-order valence-corrected chi connectivity index (χ4v) is 1.58. The smallest absolute Gasteiger partial charge is 0.127 e. The highest BCUT2D eigenvalue weighted by atomic mass is 19.1. The summed E-state index contributed by atoms with van der Waals surface area (Å²) in [7, 11) is 0. The zero-order chi connectivity index (χ0) is 11.4. The van der Waals surface area contributed by atoms with E-state index in [1.165, 1.54) is 6.07 Å². The van der Waals surface area contributed by atoms with Crippen molar-refractivity contribution in [3.8, 4) is 0 Å². The molecule has 0 amide bonds. The van der Waals surface area contributed by atoms with Crippen LogP contribution in [0.25, 0.3) is 0 Å². The summed E-state index contributed by atoms with van der Waals surface area (Å²) in [6, 6.07) is 6.78. The molecule has 0 spiro atoms. The van der Waals surface area contributed by atoms with Crippen LogP contribution in [-0.4, -0.2) is 9.97 Å². The topological polar surface area (TPSA) is 40.7 Å². The third-order valence-electron chi connectivity index (χ3n) is 2.53. The van der Waals surface area contributed by atoms with Crippen molar-refractivity contribution < 1.29 is 4.39 Å². The number of imidazole rings is 1. The summed E-state index contributed by atoms with van der Waals surface area (Å²) in [5, 5.41) is 3.23. The molecular formula is C12H14FN3. The Hall–Kier alpha value is -1.68. The largest absolute Gasteiger partial charge is 0.347 e. The number of nitrogens with one attached hydrogen (secondary N) is 2. The summed E-state index contributed by atoms with van der Waals surface area (Å²) < 4.78 is 13.4. The molecule has 2 N–H and O–H groups in total. The quantitative estimate of drug-likeness (QED) is 0.829. The van der Waals surface area contributed by atoms with E-state index >= 15 is 0 Å². The average Bonchev–Trinajstić information content (AvgIpc) is 2.79. The molecule has 1 atom stereocenters. The van der Waals surface area contributed by atoms with Gasteiger partial charge in [0.15, 0.2) is 0 Å². The second-order valence-corrected chi connectivity index (χ2v) is 3.70. The maximum atomic E-state index is 13.4. The van der Waals surface area contributed by atoms with Gasteiger partial charge in [-0.2, -0.15) is 0 Å². The Morgan fingerprint density at radius 2 is 2.25 bits per heavy atom. The summed E-state index contributed by atoms with van der Waals surface area (Å²) >= 11 is 0. The van der Waals surface area contributed by atoms with Crippen LogP contribution in [0, 0.1) is 5.82 Å². The van der Waals surface area contributed by atoms with Gasteiger partial charge in [0.1, 0.15) is 5.82 Å². The molecule has 1 unspecified atom stereocenters. The third-order valence-corrected chi connectivity index (χ3v) is 2.53. The van der Waals surface area contributed by atoms with Crippen LogP contribution in [0.3, 0.4) is 0 Å². The molecule has 84 valence electrons. The lowest BCUT2D eigenvalue weighted by molar-refractivity contribution is 0.525. The molecule has 0 fully saturated rings. The van der Waals surface area contributed by atoms with Crippen molar-refractivity contribution in [3.05, 3.63) is 53.9 Å². The first-order valence-electron chi connectivity index (χ1n) is 5.22. The number of nitrogens with zero attached hydrogens (tertiary/aromatic N) is 1. The van der Waals surface area contributed by atoms with Crippen molar-refractivity contribution >= 4 is 0 Å². The fraction of sp³-hybridized carbons (Fsp3) is 0.250. The predicted octanol–water partition coefficient (Wildman–Crippen LogP) is 2.40. The van der Waals surface area contributed by atoms with Gasteiger partial charge in [0.2, 0.25) is 0 Å². The zero-order valence-corrected chi connectivity index (χ0v) is 9.07. The first-order valence-corrected chi connectivity index (χ1v) is 5.22. The number of aromatic amines is 1. The maximum absolute atomic E-state index is 13.4. The third kappa shape index (κ3) is 2.46. The highest BCUT2D eigenvalue weighted by Crippen LogP contribution is 2.16. The molecular weight excluding hydrogens is 205 g/mol. The van der Waals surface area contributed by atoms with Gasteiger partial charge < -0.3 is 10.3 Å². The van der Waals surface area contributed by atoms with E-state index in [1.807, 2.05) is 13.0 Å². The number of benzene rings is 1. The molecule has 2 aromatic rings. The van der Waals surface area contributed by atoms with Gasteiger partial charge in [0.25, 0.3) is 0 Å². The van der Waals surface area contributed by atoms with Gasteiger partial charge in [0, 0.05) is 30.0 Å². The van der Waals surface area contributed by atoms with Gasteiger partial charge in [-0.15, -0.1) is 0 Å². The fourth-order valence-electron chi connectivity index (χ4n) is 1.58. The Balaban J connectivity index is 1.98. The van der Waals surface area contributed by atoms with Crippen molar-refractivity contribution in [1.29, 1.82) is 0 Å². The van der Waals surface area contributed by atoms with Crippen LogP contribution in [0.4, 0.5) is 4.39 Å². The van der Waals surface area contributed by atoms with Crippen molar-refractivity contribution in [1.82, 2.24) is 15.3 Å². The second-order valence-electron chi connectivity index (χ2n) is 3.70. The van der Waals surface area contributed by atoms with E-state index < -0.39 is 0 Å². The molecule has 2 rings (SSSR count). The van der Waals surface area contributed by atoms with Crippen LogP contribution in [-0.2, 0) is 6.54 Å². The summed E-state index contributed by atoms with van der Waals surface area (Å²) in [6.07, 6.45) is 3.38. The van der Waals surface area contributed by atoms with Crippen molar-refractivity contribution in [2.75, 3.05) is 0 Å². The molecule has 0 saturated carbocycles. The molecule has 1 aromatic heterocycles. The Bertz CT molecular complexity index is 439. The van der Waals surface area contributed by atoms with E-state index in [-0.39, 0.29) is 11.9 Å². The van der Waals surface area contributed by atoms with E-state index in [9.17, 15) is 4.39 Å². The highest BCUT2D eigenvalue weighted by molar-refractivity contribution is 5.20. The van der Waals surface area contributed by atoms with Gasteiger partial charge in [-0.3, -0.25) is 0 Å². The molecule has 0 aliphatic rings. The van der Waals surface area contributed by atoms with Crippen LogP contribution in [0.15, 0.2) is 36.8 Å². The van der Waals surface area contributed by atoms with Crippen LogP contribution < -0.4 is 5.32 Å². The monoisotopic (exact) mass is 219 g/mol. The minimum atomic E-state index is -0.174. The predicted molar refractivity (Wildman–Crippen MR) is 60.2 cm³/mol. The van der Waals surface area contributed by atoms with Crippen molar-refractivity contribution in [2.45, 2.75) is 19.5 Å². The number of aromatic nitrogens is 2. The molecule has 3 nitrogen and oxygen atoms in total. The van der Waals surface area contributed by atoms with Crippen LogP contribution in [0.1, 0.15) is 24.2 Å². The summed E-state index contributed by atoms with van der Waals surface area (Å²) in [5.74, 6) is -0.174. The first-order chi connectivity index (χ1) is 7.77. The van der Waals surface area contributed by atoms with Gasteiger partial charge >= 0.3 is 0 Å². The number of hydrogen-bond donors (Lipinski definition) is 2. The van der Waals surface area contributed by atoms with Crippen molar-refractivity contribution in [2.24, 2.45) is 0 Å². The van der Waals surface area contributed by atoms with E-state index in [2.05, 4.69) is 15.3 Å². The van der Waals surface area contributed by atoms with Gasteiger partial charge in [0.05, 0.1) is 6.33 Å². The highest BCUT2D eigenvalue weighted by Gasteiger charge is 2.09. The SMILES string of the molecule is CC(NCc1cnc[nH]1)c1ccccc1F. The molecule has 4 heteroatoms. The Labute approximate surface area is 93.7 Å².